The highest BCUT2D eigenvalue weighted by Crippen LogP contribution is 2.36. The highest BCUT2D eigenvalue weighted by Gasteiger charge is 2.29. The molecule has 2 aliphatic rings. The summed E-state index contributed by atoms with van der Waals surface area (Å²) in [6.07, 6.45) is 2.77. The van der Waals surface area contributed by atoms with Crippen LogP contribution in [0.4, 0.5) is 15.9 Å². The quantitative estimate of drug-likeness (QED) is 0.424. The molecule has 1 amide bonds. The number of carbonyl (C=O) groups excluding carboxylic acids is 1. The van der Waals surface area contributed by atoms with Crippen LogP contribution in [-0.2, 0) is 17.8 Å². The Kier molecular flexibility index (Phi) is 6.23. The third-order valence-corrected chi connectivity index (χ3v) is 7.81. The third kappa shape index (κ3) is 4.36. The second-order valence-corrected chi connectivity index (χ2v) is 10.3. The van der Waals surface area contributed by atoms with Gasteiger partial charge in [-0.05, 0) is 37.6 Å². The number of aryl methyl sites for hydroxylation is 1. The molecule has 196 valence electrons. The molecule has 1 saturated heterocycles. The van der Waals surface area contributed by atoms with Gasteiger partial charge in [-0.25, -0.2) is 14.4 Å². The van der Waals surface area contributed by atoms with Gasteiger partial charge in [0.05, 0.1) is 12.2 Å². The Balaban J connectivity index is 1.42. The van der Waals surface area contributed by atoms with Crippen molar-refractivity contribution in [1.29, 1.82) is 0 Å². The van der Waals surface area contributed by atoms with Crippen LogP contribution in [0.5, 0.6) is 0 Å². The van der Waals surface area contributed by atoms with E-state index in [4.69, 9.17) is 15.7 Å². The summed E-state index contributed by atoms with van der Waals surface area (Å²) in [6.45, 7) is 8.51. The Morgan fingerprint density at radius 1 is 1.03 bits per heavy atom. The summed E-state index contributed by atoms with van der Waals surface area (Å²) in [6, 6.07) is 11.5. The number of aromatic nitrogens is 3. The number of piperazine rings is 1. The molecule has 2 aromatic heterocycles. The number of fused-ring (bicyclic) bond motifs is 2. The largest absolute Gasteiger partial charge is 0.369 e. The smallest absolute Gasteiger partial charge is 0.231 e. The summed E-state index contributed by atoms with van der Waals surface area (Å²) >= 11 is 0. The summed E-state index contributed by atoms with van der Waals surface area (Å²) in [7, 11) is 0. The number of halogens is 1. The summed E-state index contributed by atoms with van der Waals surface area (Å²) < 4.78 is 14.4. The molecule has 8 nitrogen and oxygen atoms in total. The van der Waals surface area contributed by atoms with Crippen LogP contribution in [0, 0.1) is 19.7 Å². The number of hydrogen-bond donors (Lipinski definition) is 2. The molecular weight excluding hydrogens is 481 g/mol. The van der Waals surface area contributed by atoms with Gasteiger partial charge in [0.15, 0.2) is 5.82 Å². The van der Waals surface area contributed by atoms with Gasteiger partial charge in [-0.15, -0.1) is 0 Å². The zero-order valence-electron chi connectivity index (χ0n) is 21.8. The molecule has 38 heavy (non-hydrogen) atoms. The fourth-order valence-electron chi connectivity index (χ4n) is 5.80. The maximum Gasteiger partial charge on any atom is 0.231 e. The van der Waals surface area contributed by atoms with E-state index in [2.05, 4.69) is 38.7 Å². The van der Waals surface area contributed by atoms with E-state index in [1.165, 1.54) is 6.07 Å². The molecule has 0 radical (unpaired) electrons. The van der Waals surface area contributed by atoms with Gasteiger partial charge in [0.2, 0.25) is 5.91 Å². The Morgan fingerprint density at radius 3 is 2.61 bits per heavy atom. The molecule has 0 unspecified atom stereocenters. The van der Waals surface area contributed by atoms with Crippen molar-refractivity contribution in [1.82, 2.24) is 19.9 Å². The number of rotatable bonds is 5. The number of nitrogens with zero attached hydrogens (tertiary/aromatic N) is 5. The first kappa shape index (κ1) is 24.4. The summed E-state index contributed by atoms with van der Waals surface area (Å²) in [5.74, 6) is 1.14. The lowest BCUT2D eigenvalue weighted by molar-refractivity contribution is -0.119. The van der Waals surface area contributed by atoms with Crippen LogP contribution in [-0.4, -0.2) is 65.0 Å². The highest BCUT2D eigenvalue weighted by molar-refractivity contribution is 5.96. The van der Waals surface area contributed by atoms with E-state index in [0.29, 0.717) is 12.1 Å². The SMILES string of the molecule is Cc1c(F)cccc1N1CCc2nc(-c3cccc4[nH]cc(C)c34)nc(N3CCN(CC(N)=O)CC3)c2C1. The van der Waals surface area contributed by atoms with E-state index in [1.54, 1.807) is 6.07 Å². The predicted molar refractivity (Wildman–Crippen MR) is 148 cm³/mol. The van der Waals surface area contributed by atoms with Crippen LogP contribution in [0.1, 0.15) is 22.4 Å². The molecule has 9 heteroatoms. The van der Waals surface area contributed by atoms with E-state index in [9.17, 15) is 9.18 Å². The van der Waals surface area contributed by atoms with E-state index in [0.717, 1.165) is 89.8 Å². The minimum Gasteiger partial charge on any atom is -0.369 e. The number of aromatic amines is 1. The molecule has 6 rings (SSSR count). The molecule has 0 bridgehead atoms. The maximum absolute atomic E-state index is 14.4. The molecule has 0 saturated carbocycles. The number of primary amides is 1. The number of nitrogens with one attached hydrogen (secondary N) is 1. The van der Waals surface area contributed by atoms with Crippen molar-refractivity contribution in [3.63, 3.8) is 0 Å². The minimum atomic E-state index is -0.309. The van der Waals surface area contributed by atoms with Gasteiger partial charge in [-0.3, -0.25) is 9.69 Å². The number of anilines is 2. The van der Waals surface area contributed by atoms with Crippen LogP contribution in [0.25, 0.3) is 22.3 Å². The Bertz CT molecular complexity index is 1520. The summed E-state index contributed by atoms with van der Waals surface area (Å²) in [5.41, 5.74) is 12.4. The van der Waals surface area contributed by atoms with Crippen molar-refractivity contribution in [2.45, 2.75) is 26.8 Å². The Hall–Kier alpha value is -3.98. The normalized spacial score (nSPS) is 16.2. The average molecular weight is 514 g/mol. The van der Waals surface area contributed by atoms with Crippen molar-refractivity contribution in [3.8, 4) is 11.4 Å². The van der Waals surface area contributed by atoms with Gasteiger partial charge < -0.3 is 20.5 Å². The van der Waals surface area contributed by atoms with Gasteiger partial charge in [0.25, 0.3) is 0 Å². The van der Waals surface area contributed by atoms with Gasteiger partial charge in [0, 0.05) is 85.2 Å². The van der Waals surface area contributed by atoms with Crippen LogP contribution < -0.4 is 15.5 Å². The number of carbonyl (C=O) groups is 1. The minimum absolute atomic E-state index is 0.194. The van der Waals surface area contributed by atoms with Crippen molar-refractivity contribution in [2.24, 2.45) is 5.73 Å². The molecule has 0 spiro atoms. The molecule has 3 N–H and O–H groups in total. The van der Waals surface area contributed by atoms with E-state index in [1.807, 2.05) is 25.3 Å². The molecule has 2 aliphatic heterocycles. The lowest BCUT2D eigenvalue weighted by Crippen LogP contribution is -2.49. The van der Waals surface area contributed by atoms with Gasteiger partial charge in [-0.1, -0.05) is 18.2 Å². The number of benzene rings is 2. The van der Waals surface area contributed by atoms with Crippen molar-refractivity contribution < 1.29 is 9.18 Å². The van der Waals surface area contributed by atoms with E-state index in [-0.39, 0.29) is 18.3 Å². The van der Waals surface area contributed by atoms with Crippen LogP contribution in [0.3, 0.4) is 0 Å². The number of nitrogens with two attached hydrogens (primary N) is 1. The first-order valence-electron chi connectivity index (χ1n) is 13.1. The zero-order chi connectivity index (χ0) is 26.4. The second-order valence-electron chi connectivity index (χ2n) is 10.3. The molecule has 4 aromatic rings. The fourth-order valence-corrected chi connectivity index (χ4v) is 5.80. The second kappa shape index (κ2) is 9.72. The lowest BCUT2D eigenvalue weighted by Gasteiger charge is -2.38. The lowest BCUT2D eigenvalue weighted by atomic mass is 10.0. The van der Waals surface area contributed by atoms with Crippen LogP contribution in [0.15, 0.2) is 42.6 Å². The third-order valence-electron chi connectivity index (χ3n) is 7.81. The monoisotopic (exact) mass is 513 g/mol. The predicted octanol–water partition coefficient (Wildman–Crippen LogP) is 3.55. The van der Waals surface area contributed by atoms with Crippen molar-refractivity contribution in [3.05, 3.63) is 70.8 Å². The van der Waals surface area contributed by atoms with Crippen molar-refractivity contribution >= 4 is 28.3 Å². The molecular formula is C29H32FN7O. The van der Waals surface area contributed by atoms with Gasteiger partial charge >= 0.3 is 0 Å². The number of hydrogen-bond acceptors (Lipinski definition) is 6. The topological polar surface area (TPSA) is 94.4 Å². The van der Waals surface area contributed by atoms with Crippen LogP contribution >= 0.6 is 0 Å². The molecule has 4 heterocycles. The zero-order valence-corrected chi connectivity index (χ0v) is 21.8. The molecule has 0 atom stereocenters. The maximum atomic E-state index is 14.4. The summed E-state index contributed by atoms with van der Waals surface area (Å²) in [5, 5.41) is 1.14. The molecule has 0 aliphatic carbocycles. The Morgan fingerprint density at radius 2 is 1.82 bits per heavy atom. The van der Waals surface area contributed by atoms with Crippen LogP contribution in [0.2, 0.25) is 0 Å². The highest BCUT2D eigenvalue weighted by atomic mass is 19.1. The van der Waals surface area contributed by atoms with Gasteiger partial charge in [-0.2, -0.15) is 0 Å². The van der Waals surface area contributed by atoms with E-state index >= 15 is 0 Å². The number of amides is 1. The first-order valence-corrected chi connectivity index (χ1v) is 13.1. The van der Waals surface area contributed by atoms with Gasteiger partial charge in [0.1, 0.15) is 11.6 Å². The average Bonchev–Trinajstić information content (AvgIpc) is 3.30. The number of H-pyrrole nitrogens is 1. The van der Waals surface area contributed by atoms with Crippen molar-refractivity contribution in [2.75, 3.05) is 49.1 Å². The first-order chi connectivity index (χ1) is 18.4. The fraction of sp³-hybridized carbons (Fsp3) is 0.345. The molecule has 2 aromatic carbocycles. The molecule has 1 fully saturated rings. The summed E-state index contributed by atoms with van der Waals surface area (Å²) in [4.78, 5) is 31.7. The standard InChI is InChI=1S/C29H32FN7O/c1-18-15-32-24-7-3-5-20(27(18)24)28-33-23-9-10-37(25-8-4-6-22(30)19(25)2)16-21(23)29(34-28)36-13-11-35(12-14-36)17-26(31)38/h3-8,15,32H,9-14,16-17H2,1-2H3,(H2,31,38). The Labute approximate surface area is 221 Å². The van der Waals surface area contributed by atoms with E-state index < -0.39 is 0 Å².